The third kappa shape index (κ3) is 6.15. The molecule has 130 valence electrons. The summed E-state index contributed by atoms with van der Waals surface area (Å²) in [5.41, 5.74) is 0.141. The molecule has 0 bridgehead atoms. The second-order valence-electron chi connectivity index (χ2n) is 5.34. The molecule has 1 aromatic rings. The highest BCUT2D eigenvalue weighted by Crippen LogP contribution is 2.26. The van der Waals surface area contributed by atoms with E-state index in [1.54, 1.807) is 0 Å². The van der Waals surface area contributed by atoms with Crippen LogP contribution in [0.15, 0.2) is 23.1 Å². The van der Waals surface area contributed by atoms with Gasteiger partial charge < -0.3 is 5.32 Å². The number of unbranched alkanes of at least 4 members (excludes halogenated alkanes) is 5. The predicted octanol–water partition coefficient (Wildman–Crippen LogP) is 3.28. The number of nitrogens with zero attached hydrogens (tertiary/aromatic N) is 1. The van der Waals surface area contributed by atoms with Crippen LogP contribution in [0.3, 0.4) is 0 Å². The number of nitro groups is 1. The zero-order valence-electron chi connectivity index (χ0n) is 13.7. The number of hydrogen-bond donors (Lipinski definition) is 2. The minimum atomic E-state index is -3.76. The predicted molar refractivity (Wildman–Crippen MR) is 91.2 cm³/mol. The monoisotopic (exact) mass is 343 g/mol. The van der Waals surface area contributed by atoms with Crippen molar-refractivity contribution in [3.63, 3.8) is 0 Å². The average Bonchev–Trinajstić information content (AvgIpc) is 2.53. The number of hydrogen-bond acceptors (Lipinski definition) is 5. The summed E-state index contributed by atoms with van der Waals surface area (Å²) in [5, 5.41) is 13.9. The Balaban J connectivity index is 2.72. The topological polar surface area (TPSA) is 101 Å². The van der Waals surface area contributed by atoms with Gasteiger partial charge >= 0.3 is 0 Å². The Labute approximate surface area is 137 Å². The highest BCUT2D eigenvalue weighted by molar-refractivity contribution is 7.89. The molecule has 7 nitrogen and oxygen atoms in total. The van der Waals surface area contributed by atoms with Crippen molar-refractivity contribution in [2.45, 2.75) is 50.3 Å². The van der Waals surface area contributed by atoms with E-state index in [1.165, 1.54) is 38.4 Å². The highest BCUT2D eigenvalue weighted by atomic mass is 32.2. The molecule has 0 spiro atoms. The average molecular weight is 343 g/mol. The first kappa shape index (κ1) is 19.4. The van der Waals surface area contributed by atoms with Gasteiger partial charge in [0, 0.05) is 18.7 Å². The minimum absolute atomic E-state index is 0.0971. The number of benzene rings is 1. The lowest BCUT2D eigenvalue weighted by Gasteiger charge is -2.12. The van der Waals surface area contributed by atoms with Crippen LogP contribution < -0.4 is 10.0 Å². The molecule has 0 amide bonds. The van der Waals surface area contributed by atoms with E-state index in [2.05, 4.69) is 17.0 Å². The smallest absolute Gasteiger partial charge is 0.270 e. The van der Waals surface area contributed by atoms with Gasteiger partial charge in [0.2, 0.25) is 10.0 Å². The first-order valence-corrected chi connectivity index (χ1v) is 9.36. The summed E-state index contributed by atoms with van der Waals surface area (Å²) in [6.45, 7) is 2.80. The van der Waals surface area contributed by atoms with Crippen molar-refractivity contribution in [3.05, 3.63) is 28.3 Å². The van der Waals surface area contributed by atoms with Crippen molar-refractivity contribution < 1.29 is 13.3 Å². The van der Waals surface area contributed by atoms with Gasteiger partial charge in [0.05, 0.1) is 10.6 Å². The molecule has 0 unspecified atom stereocenters. The van der Waals surface area contributed by atoms with E-state index in [0.29, 0.717) is 12.2 Å². The molecule has 0 heterocycles. The summed E-state index contributed by atoms with van der Waals surface area (Å²) in [5.74, 6) is 0. The van der Waals surface area contributed by atoms with Crippen molar-refractivity contribution in [2.24, 2.45) is 0 Å². The Morgan fingerprint density at radius 1 is 1.13 bits per heavy atom. The fourth-order valence-corrected chi connectivity index (χ4v) is 3.16. The lowest BCUT2D eigenvalue weighted by Crippen LogP contribution is -2.20. The molecule has 0 aromatic heterocycles. The van der Waals surface area contributed by atoms with Gasteiger partial charge in [-0.3, -0.25) is 10.1 Å². The minimum Gasteiger partial charge on any atom is -0.384 e. The van der Waals surface area contributed by atoms with Gasteiger partial charge in [-0.1, -0.05) is 39.0 Å². The van der Waals surface area contributed by atoms with Gasteiger partial charge in [0.25, 0.3) is 5.69 Å². The van der Waals surface area contributed by atoms with Crippen molar-refractivity contribution in [1.82, 2.24) is 4.72 Å². The Hall–Kier alpha value is -1.67. The second-order valence-corrected chi connectivity index (χ2v) is 7.19. The van der Waals surface area contributed by atoms with Crippen LogP contribution in [0, 0.1) is 10.1 Å². The Bertz CT molecular complexity index is 617. The fraction of sp³-hybridized carbons (Fsp3) is 0.600. The first-order valence-electron chi connectivity index (χ1n) is 7.88. The van der Waals surface area contributed by atoms with Crippen LogP contribution in [0.5, 0.6) is 0 Å². The molecule has 0 saturated heterocycles. The molecule has 0 saturated carbocycles. The van der Waals surface area contributed by atoms with Gasteiger partial charge in [0.15, 0.2) is 0 Å². The highest BCUT2D eigenvalue weighted by Gasteiger charge is 2.20. The normalized spacial score (nSPS) is 11.4. The Kier molecular flexibility index (Phi) is 7.97. The summed E-state index contributed by atoms with van der Waals surface area (Å²) in [4.78, 5) is 10.1. The molecular formula is C15H25N3O4S. The molecular weight excluding hydrogens is 318 g/mol. The Morgan fingerprint density at radius 3 is 2.39 bits per heavy atom. The number of anilines is 1. The number of non-ortho nitro benzene ring substituents is 1. The van der Waals surface area contributed by atoms with E-state index < -0.39 is 14.9 Å². The van der Waals surface area contributed by atoms with Gasteiger partial charge in [-0.2, -0.15) is 0 Å². The van der Waals surface area contributed by atoms with Crippen LogP contribution >= 0.6 is 0 Å². The van der Waals surface area contributed by atoms with Crippen molar-refractivity contribution in [2.75, 3.05) is 18.9 Å². The summed E-state index contributed by atoms with van der Waals surface area (Å²) in [7, 11) is -2.47. The fourth-order valence-electron chi connectivity index (χ4n) is 2.23. The third-order valence-electron chi connectivity index (χ3n) is 3.58. The Morgan fingerprint density at radius 2 is 1.78 bits per heavy atom. The number of rotatable bonds is 11. The first-order chi connectivity index (χ1) is 10.9. The van der Waals surface area contributed by atoms with Crippen LogP contribution in [-0.4, -0.2) is 26.9 Å². The lowest BCUT2D eigenvalue weighted by molar-refractivity contribution is -0.385. The van der Waals surface area contributed by atoms with E-state index in [4.69, 9.17) is 0 Å². The third-order valence-corrected chi connectivity index (χ3v) is 5.03. The lowest BCUT2D eigenvalue weighted by atomic mass is 10.1. The molecule has 0 fully saturated rings. The summed E-state index contributed by atoms with van der Waals surface area (Å²) in [6, 6.07) is 3.83. The van der Waals surface area contributed by atoms with Gasteiger partial charge in [-0.05, 0) is 19.5 Å². The van der Waals surface area contributed by atoms with Gasteiger partial charge in [0.1, 0.15) is 4.90 Å². The quantitative estimate of drug-likeness (QED) is 0.365. The molecule has 0 aliphatic rings. The molecule has 0 radical (unpaired) electrons. The molecule has 0 atom stereocenters. The summed E-state index contributed by atoms with van der Waals surface area (Å²) < 4.78 is 26.3. The van der Waals surface area contributed by atoms with E-state index in [9.17, 15) is 18.5 Å². The maximum Gasteiger partial charge on any atom is 0.270 e. The largest absolute Gasteiger partial charge is 0.384 e. The maximum atomic E-state index is 12.0. The van der Waals surface area contributed by atoms with Gasteiger partial charge in [-0.25, -0.2) is 13.1 Å². The van der Waals surface area contributed by atoms with Crippen LogP contribution in [0.25, 0.3) is 0 Å². The van der Waals surface area contributed by atoms with Crippen LogP contribution in [0.4, 0.5) is 11.4 Å². The summed E-state index contributed by atoms with van der Waals surface area (Å²) in [6.07, 6.45) is 6.82. The van der Waals surface area contributed by atoms with Crippen molar-refractivity contribution in [3.8, 4) is 0 Å². The zero-order chi connectivity index (χ0) is 17.3. The molecule has 1 aromatic carbocycles. The number of sulfonamides is 1. The SMILES string of the molecule is CCCCCCCCNc1ccc([N+](=O)[O-])cc1S(=O)(=O)NC. The maximum absolute atomic E-state index is 12.0. The van der Waals surface area contributed by atoms with E-state index >= 15 is 0 Å². The molecule has 0 aliphatic carbocycles. The van der Waals surface area contributed by atoms with Gasteiger partial charge in [-0.15, -0.1) is 0 Å². The summed E-state index contributed by atoms with van der Waals surface area (Å²) >= 11 is 0. The number of nitrogens with one attached hydrogen (secondary N) is 2. The van der Waals surface area contributed by atoms with Crippen LogP contribution in [-0.2, 0) is 10.0 Å². The van der Waals surface area contributed by atoms with E-state index in [-0.39, 0.29) is 10.6 Å². The van der Waals surface area contributed by atoms with Crippen molar-refractivity contribution in [1.29, 1.82) is 0 Å². The van der Waals surface area contributed by atoms with E-state index in [0.717, 1.165) is 25.3 Å². The molecule has 23 heavy (non-hydrogen) atoms. The van der Waals surface area contributed by atoms with Crippen LogP contribution in [0.1, 0.15) is 45.4 Å². The van der Waals surface area contributed by atoms with E-state index in [1.807, 2.05) is 0 Å². The molecule has 1 rings (SSSR count). The number of nitro benzene ring substituents is 1. The molecule has 0 aliphatic heterocycles. The van der Waals surface area contributed by atoms with Crippen molar-refractivity contribution >= 4 is 21.4 Å². The van der Waals surface area contributed by atoms with Crippen LogP contribution in [0.2, 0.25) is 0 Å². The standard InChI is InChI=1S/C15H25N3O4S/c1-3-4-5-6-7-8-11-17-14-10-9-13(18(19)20)12-15(14)23(21,22)16-2/h9-10,12,16-17H,3-8,11H2,1-2H3. The second kappa shape index (κ2) is 9.46. The molecule has 2 N–H and O–H groups in total. The zero-order valence-corrected chi connectivity index (χ0v) is 14.5. The molecule has 8 heteroatoms.